The van der Waals surface area contributed by atoms with Gasteiger partial charge in [-0.1, -0.05) is 11.8 Å². The maximum atomic E-state index is 12.6. The van der Waals surface area contributed by atoms with Gasteiger partial charge in [-0.2, -0.15) is 0 Å². The third-order valence-corrected chi connectivity index (χ3v) is 5.71. The van der Waals surface area contributed by atoms with Gasteiger partial charge in [0.25, 0.3) is 5.91 Å². The fourth-order valence-electron chi connectivity index (χ4n) is 2.27. The Bertz CT molecular complexity index is 449. The molecule has 2 heterocycles. The van der Waals surface area contributed by atoms with E-state index in [1.165, 1.54) is 11.8 Å². The first-order valence-corrected chi connectivity index (χ1v) is 8.61. The monoisotopic (exact) mass is 330 g/mol. The van der Waals surface area contributed by atoms with Crippen LogP contribution in [0.15, 0.2) is 15.9 Å². The van der Waals surface area contributed by atoms with Crippen LogP contribution in [0.4, 0.5) is 0 Å². The lowest BCUT2D eigenvalue weighted by molar-refractivity contribution is -0.128. The summed E-state index contributed by atoms with van der Waals surface area (Å²) in [7, 11) is 5.56. The van der Waals surface area contributed by atoms with E-state index in [1.54, 1.807) is 23.9 Å². The van der Waals surface area contributed by atoms with Crippen molar-refractivity contribution >= 4 is 29.0 Å². The minimum absolute atomic E-state index is 0.00279. The van der Waals surface area contributed by atoms with Gasteiger partial charge in [0, 0.05) is 32.1 Å². The molecule has 0 radical (unpaired) electrons. The number of rotatable bonds is 6. The Morgan fingerprint density at radius 2 is 2.29 bits per heavy atom. The Hall–Kier alpha value is -0.670. The number of nitrogens with zero attached hydrogens (tertiary/aromatic N) is 3. The van der Waals surface area contributed by atoms with E-state index in [-0.39, 0.29) is 5.91 Å². The number of hydrogen-bond donors (Lipinski definition) is 1. The first-order valence-electron chi connectivity index (χ1n) is 6.85. The molecular formula is C13H22N4O2S2. The highest BCUT2D eigenvalue weighted by Crippen LogP contribution is 2.35. The van der Waals surface area contributed by atoms with Gasteiger partial charge in [0.15, 0.2) is 4.87 Å². The summed E-state index contributed by atoms with van der Waals surface area (Å²) in [5.41, 5.74) is 1.79. The number of carbonyl (C=O) groups is 1. The fraction of sp³-hybridized carbons (Fsp3) is 0.692. The number of aromatic nitrogens is 1. The Morgan fingerprint density at radius 3 is 2.81 bits per heavy atom. The van der Waals surface area contributed by atoms with E-state index in [0.29, 0.717) is 6.54 Å². The highest BCUT2D eigenvalue weighted by atomic mass is 32.2. The van der Waals surface area contributed by atoms with Crippen LogP contribution in [0, 0.1) is 0 Å². The van der Waals surface area contributed by atoms with Gasteiger partial charge < -0.3 is 10.1 Å². The van der Waals surface area contributed by atoms with E-state index in [9.17, 15) is 4.79 Å². The van der Waals surface area contributed by atoms with Crippen molar-refractivity contribution in [3.05, 3.63) is 10.9 Å². The first kappa shape index (κ1) is 16.7. The smallest absolute Gasteiger partial charge is 0.252 e. The molecule has 1 aromatic heterocycles. The van der Waals surface area contributed by atoms with Crippen molar-refractivity contribution in [2.45, 2.75) is 9.90 Å². The predicted molar refractivity (Wildman–Crippen MR) is 85.7 cm³/mol. The van der Waals surface area contributed by atoms with Crippen LogP contribution in [-0.4, -0.2) is 79.6 Å². The number of carbonyl (C=O) groups excluding carboxylic acids is 1. The van der Waals surface area contributed by atoms with Gasteiger partial charge in [-0.25, -0.2) is 4.98 Å². The zero-order chi connectivity index (χ0) is 15.3. The van der Waals surface area contributed by atoms with Crippen LogP contribution in [0.1, 0.15) is 0 Å². The molecule has 1 fully saturated rings. The second-order valence-corrected chi connectivity index (χ2v) is 7.09. The second kappa shape index (κ2) is 7.55. The normalized spacial score (nSPS) is 19.4. The summed E-state index contributed by atoms with van der Waals surface area (Å²) in [5.74, 6) is -0.00279. The number of hydrogen-bond acceptors (Lipinski definition) is 7. The molecule has 0 bridgehead atoms. The van der Waals surface area contributed by atoms with Crippen molar-refractivity contribution in [2.75, 3.05) is 54.0 Å². The molecule has 6 nitrogen and oxygen atoms in total. The molecule has 1 amide bonds. The molecule has 0 aromatic carbocycles. The molecule has 1 atom stereocenters. The Kier molecular flexibility index (Phi) is 6.00. The third kappa shape index (κ3) is 3.95. The molecule has 0 spiro atoms. The molecule has 0 aliphatic carbocycles. The van der Waals surface area contributed by atoms with E-state index in [0.717, 1.165) is 31.3 Å². The third-order valence-electron chi connectivity index (χ3n) is 3.53. The lowest BCUT2D eigenvalue weighted by atomic mass is 10.2. The van der Waals surface area contributed by atoms with Gasteiger partial charge in [-0.3, -0.25) is 14.6 Å². The average molecular weight is 330 g/mol. The van der Waals surface area contributed by atoms with Gasteiger partial charge in [-0.05, 0) is 14.1 Å². The summed E-state index contributed by atoms with van der Waals surface area (Å²) < 4.78 is 5.39. The zero-order valence-electron chi connectivity index (χ0n) is 12.7. The summed E-state index contributed by atoms with van der Waals surface area (Å²) in [6, 6.07) is 0. The maximum absolute atomic E-state index is 12.6. The summed E-state index contributed by atoms with van der Waals surface area (Å²) in [4.78, 5) is 20.5. The average Bonchev–Trinajstić information content (AvgIpc) is 2.99. The number of thiazole rings is 1. The fourth-order valence-corrected chi connectivity index (χ4v) is 4.18. The Morgan fingerprint density at radius 1 is 1.57 bits per heavy atom. The van der Waals surface area contributed by atoms with Crippen molar-refractivity contribution in [3.63, 3.8) is 0 Å². The largest absolute Gasteiger partial charge is 0.379 e. The van der Waals surface area contributed by atoms with E-state index in [2.05, 4.69) is 15.2 Å². The standard InChI is InChI=1S/C13H22N4O2S2/c1-14-12(18)13(16(2)3,21-11-8-20-10-15-11)9-17-4-6-19-7-5-17/h8,10H,4-7,9H2,1-3H3,(H,14,18). The molecule has 21 heavy (non-hydrogen) atoms. The van der Waals surface area contributed by atoms with Crippen molar-refractivity contribution < 1.29 is 9.53 Å². The predicted octanol–water partition coefficient (Wildman–Crippen LogP) is 0.571. The number of thioether (sulfide) groups is 1. The first-order chi connectivity index (χ1) is 10.1. The van der Waals surface area contributed by atoms with E-state index < -0.39 is 4.87 Å². The van der Waals surface area contributed by atoms with Crippen molar-refractivity contribution in [2.24, 2.45) is 0 Å². The van der Waals surface area contributed by atoms with Crippen LogP contribution in [0.2, 0.25) is 0 Å². The van der Waals surface area contributed by atoms with Crippen molar-refractivity contribution in [1.82, 2.24) is 20.1 Å². The molecule has 1 aliphatic heterocycles. The van der Waals surface area contributed by atoms with Crippen LogP contribution < -0.4 is 5.32 Å². The molecule has 1 aliphatic rings. The summed E-state index contributed by atoms with van der Waals surface area (Å²) >= 11 is 3.05. The topological polar surface area (TPSA) is 57.7 Å². The lowest BCUT2D eigenvalue weighted by Crippen LogP contribution is -2.60. The zero-order valence-corrected chi connectivity index (χ0v) is 14.3. The van der Waals surface area contributed by atoms with Gasteiger partial charge in [0.2, 0.25) is 0 Å². The number of likely N-dealkylation sites (N-methyl/N-ethyl adjacent to an activating group) is 2. The van der Waals surface area contributed by atoms with Crippen LogP contribution >= 0.6 is 23.1 Å². The molecule has 1 aromatic rings. The van der Waals surface area contributed by atoms with E-state index in [4.69, 9.17) is 4.74 Å². The molecule has 1 unspecified atom stereocenters. The van der Waals surface area contributed by atoms with Crippen LogP contribution in [0.3, 0.4) is 0 Å². The molecular weight excluding hydrogens is 308 g/mol. The van der Waals surface area contributed by atoms with Crippen LogP contribution in [-0.2, 0) is 9.53 Å². The van der Waals surface area contributed by atoms with Crippen LogP contribution in [0.5, 0.6) is 0 Å². The van der Waals surface area contributed by atoms with Crippen LogP contribution in [0.25, 0.3) is 0 Å². The van der Waals surface area contributed by atoms with E-state index >= 15 is 0 Å². The molecule has 1 N–H and O–H groups in total. The SMILES string of the molecule is CNC(=O)C(CN1CCOCC1)(Sc1cscn1)N(C)C. The number of amides is 1. The molecule has 8 heteroatoms. The Balaban J connectivity index is 2.23. The molecule has 2 rings (SSSR count). The quantitative estimate of drug-likeness (QED) is 0.608. The second-order valence-electron chi connectivity index (χ2n) is 5.08. The number of ether oxygens (including phenoxy) is 1. The van der Waals surface area contributed by atoms with Gasteiger partial charge in [-0.15, -0.1) is 11.3 Å². The lowest BCUT2D eigenvalue weighted by Gasteiger charge is -2.41. The summed E-state index contributed by atoms with van der Waals surface area (Å²) in [6.45, 7) is 3.79. The maximum Gasteiger partial charge on any atom is 0.252 e. The minimum Gasteiger partial charge on any atom is -0.379 e. The van der Waals surface area contributed by atoms with Gasteiger partial charge in [0.05, 0.1) is 18.7 Å². The van der Waals surface area contributed by atoms with E-state index in [1.807, 2.05) is 24.4 Å². The summed E-state index contributed by atoms with van der Waals surface area (Å²) in [6.07, 6.45) is 0. The highest BCUT2D eigenvalue weighted by molar-refractivity contribution is 8.01. The molecule has 118 valence electrons. The van der Waals surface area contributed by atoms with Gasteiger partial charge in [0.1, 0.15) is 5.03 Å². The molecule has 0 saturated carbocycles. The number of nitrogens with one attached hydrogen (secondary N) is 1. The van der Waals surface area contributed by atoms with Crippen molar-refractivity contribution in [1.29, 1.82) is 0 Å². The molecule has 1 saturated heterocycles. The van der Waals surface area contributed by atoms with Gasteiger partial charge >= 0.3 is 0 Å². The minimum atomic E-state index is -0.694. The summed E-state index contributed by atoms with van der Waals surface area (Å²) in [5, 5.41) is 5.66. The Labute approximate surface area is 133 Å². The van der Waals surface area contributed by atoms with Crippen molar-refractivity contribution in [3.8, 4) is 0 Å². The number of morpholine rings is 1. The highest BCUT2D eigenvalue weighted by Gasteiger charge is 2.43.